The lowest BCUT2D eigenvalue weighted by Gasteiger charge is -2.21. The van der Waals surface area contributed by atoms with Gasteiger partial charge in [-0.15, -0.1) is 0 Å². The quantitative estimate of drug-likeness (QED) is 0.728. The van der Waals surface area contributed by atoms with Gasteiger partial charge >= 0.3 is 0 Å². The molecule has 142 valence electrons. The number of amides is 1. The molecule has 0 spiro atoms. The van der Waals surface area contributed by atoms with Crippen LogP contribution in [0, 0.1) is 0 Å². The lowest BCUT2D eigenvalue weighted by molar-refractivity contribution is 0.0853. The summed E-state index contributed by atoms with van der Waals surface area (Å²) in [4.78, 5) is 25.6. The molecule has 0 saturated carbocycles. The van der Waals surface area contributed by atoms with Crippen LogP contribution in [0.15, 0.2) is 35.1 Å². The number of fused-ring (bicyclic) bond motifs is 2. The number of carbonyl (C=O) groups is 1. The van der Waals surface area contributed by atoms with Crippen molar-refractivity contribution in [1.82, 2.24) is 15.2 Å². The van der Waals surface area contributed by atoms with Gasteiger partial charge in [0, 0.05) is 44.2 Å². The van der Waals surface area contributed by atoms with Gasteiger partial charge in [-0.2, -0.15) is 0 Å². The summed E-state index contributed by atoms with van der Waals surface area (Å²) < 4.78 is 6.99. The Morgan fingerprint density at radius 3 is 2.96 bits per heavy atom. The molecule has 0 saturated heterocycles. The third-order valence-corrected chi connectivity index (χ3v) is 5.37. The van der Waals surface area contributed by atoms with Crippen molar-refractivity contribution < 1.29 is 14.6 Å². The Balaban J connectivity index is 1.73. The minimum atomic E-state index is -0.677. The molecule has 0 bridgehead atoms. The maximum Gasteiger partial charge on any atom is 0.257 e. The van der Waals surface area contributed by atoms with Gasteiger partial charge in [0.2, 0.25) is 0 Å². The summed E-state index contributed by atoms with van der Waals surface area (Å²) in [6, 6.07) is 8.60. The van der Waals surface area contributed by atoms with Crippen LogP contribution in [-0.2, 0) is 19.4 Å². The third kappa shape index (κ3) is 3.13. The van der Waals surface area contributed by atoms with Crippen molar-refractivity contribution >= 4 is 5.91 Å². The summed E-state index contributed by atoms with van der Waals surface area (Å²) in [5.41, 5.74) is 2.83. The molecular formula is C20H23N3O4. The average Bonchev–Trinajstić information content (AvgIpc) is 2.84. The number of pyridine rings is 1. The Hall–Kier alpha value is -2.64. The van der Waals surface area contributed by atoms with E-state index in [1.807, 2.05) is 24.3 Å². The van der Waals surface area contributed by atoms with Crippen molar-refractivity contribution in [2.24, 2.45) is 0 Å². The standard InChI is InChI=1S/C20H23N3O4/c1-27-16-11-17(25)23-9-8-21-7-6-14(23)18(16)20(26)22-19-13-5-3-2-4-12(13)10-15(19)24/h2-5,11,15,19,21,24H,6-10H2,1H3,(H,22,26)/t15-,19+/m1/s1. The van der Waals surface area contributed by atoms with Gasteiger partial charge in [-0.25, -0.2) is 0 Å². The number of nitrogens with one attached hydrogen (secondary N) is 2. The first-order valence-electron chi connectivity index (χ1n) is 9.18. The van der Waals surface area contributed by atoms with E-state index in [0.717, 1.165) is 11.1 Å². The van der Waals surface area contributed by atoms with Gasteiger partial charge in [0.25, 0.3) is 11.5 Å². The second-order valence-electron chi connectivity index (χ2n) is 6.95. The molecule has 7 nitrogen and oxygen atoms in total. The number of hydrogen-bond donors (Lipinski definition) is 3. The molecule has 0 unspecified atom stereocenters. The van der Waals surface area contributed by atoms with Crippen molar-refractivity contribution in [2.75, 3.05) is 20.2 Å². The Kier molecular flexibility index (Phi) is 4.72. The molecule has 3 N–H and O–H groups in total. The number of benzene rings is 1. The van der Waals surface area contributed by atoms with Crippen molar-refractivity contribution in [3.63, 3.8) is 0 Å². The van der Waals surface area contributed by atoms with Gasteiger partial charge in [0.1, 0.15) is 11.3 Å². The molecule has 1 amide bonds. The molecule has 0 radical (unpaired) electrons. The van der Waals surface area contributed by atoms with Crippen molar-refractivity contribution in [3.8, 4) is 5.75 Å². The number of nitrogens with zero attached hydrogens (tertiary/aromatic N) is 1. The summed E-state index contributed by atoms with van der Waals surface area (Å²) >= 11 is 0. The highest BCUT2D eigenvalue weighted by Crippen LogP contribution is 2.32. The van der Waals surface area contributed by atoms with Crippen molar-refractivity contribution in [2.45, 2.75) is 31.5 Å². The van der Waals surface area contributed by atoms with E-state index in [-0.39, 0.29) is 17.2 Å². The van der Waals surface area contributed by atoms with E-state index in [2.05, 4.69) is 10.6 Å². The lowest BCUT2D eigenvalue weighted by Crippen LogP contribution is -2.36. The minimum Gasteiger partial charge on any atom is -0.496 e. The van der Waals surface area contributed by atoms with Gasteiger partial charge < -0.3 is 25.0 Å². The van der Waals surface area contributed by atoms with E-state index in [9.17, 15) is 14.7 Å². The number of aliphatic hydroxyl groups excluding tert-OH is 1. The number of aromatic nitrogens is 1. The molecule has 7 heteroatoms. The van der Waals surface area contributed by atoms with Crippen LogP contribution in [0.1, 0.15) is 33.2 Å². The third-order valence-electron chi connectivity index (χ3n) is 5.37. The molecule has 2 aliphatic rings. The first kappa shape index (κ1) is 17.8. The molecule has 2 atom stereocenters. The number of carbonyl (C=O) groups excluding carboxylic acids is 1. The zero-order chi connectivity index (χ0) is 19.0. The summed E-state index contributed by atoms with van der Waals surface area (Å²) in [5, 5.41) is 16.7. The van der Waals surface area contributed by atoms with Crippen LogP contribution >= 0.6 is 0 Å². The molecule has 0 fully saturated rings. The highest BCUT2D eigenvalue weighted by Gasteiger charge is 2.33. The zero-order valence-corrected chi connectivity index (χ0v) is 15.2. The molecule has 1 aliphatic carbocycles. The fourth-order valence-electron chi connectivity index (χ4n) is 4.07. The van der Waals surface area contributed by atoms with Crippen molar-refractivity contribution in [3.05, 3.63) is 63.1 Å². The Labute approximate surface area is 157 Å². The molecule has 2 aromatic rings. The summed E-state index contributed by atoms with van der Waals surface area (Å²) in [6.45, 7) is 1.87. The Bertz CT molecular complexity index is 937. The van der Waals surface area contributed by atoms with Crippen LogP contribution in [0.4, 0.5) is 0 Å². The van der Waals surface area contributed by atoms with Gasteiger partial charge in [0.05, 0.1) is 19.3 Å². The molecule has 1 aliphatic heterocycles. The first-order valence-corrected chi connectivity index (χ1v) is 9.18. The molecule has 2 heterocycles. The molecule has 1 aromatic heterocycles. The first-order chi connectivity index (χ1) is 13.1. The van der Waals surface area contributed by atoms with Crippen LogP contribution in [-0.4, -0.2) is 41.9 Å². The monoisotopic (exact) mass is 369 g/mol. The van der Waals surface area contributed by atoms with Gasteiger partial charge in [-0.05, 0) is 11.1 Å². The molecule has 1 aromatic carbocycles. The number of rotatable bonds is 3. The molecular weight excluding hydrogens is 346 g/mol. The number of methoxy groups -OCH3 is 1. The van der Waals surface area contributed by atoms with Crippen LogP contribution in [0.5, 0.6) is 5.75 Å². The van der Waals surface area contributed by atoms with E-state index in [1.165, 1.54) is 13.2 Å². The van der Waals surface area contributed by atoms with Gasteiger partial charge in [0.15, 0.2) is 0 Å². The Morgan fingerprint density at radius 2 is 2.15 bits per heavy atom. The number of aliphatic hydroxyl groups is 1. The maximum absolute atomic E-state index is 13.2. The summed E-state index contributed by atoms with van der Waals surface area (Å²) in [6.07, 6.45) is 0.386. The minimum absolute atomic E-state index is 0.173. The van der Waals surface area contributed by atoms with Crippen molar-refractivity contribution in [1.29, 1.82) is 0 Å². The van der Waals surface area contributed by atoms with E-state index in [1.54, 1.807) is 4.57 Å². The highest BCUT2D eigenvalue weighted by molar-refractivity contribution is 5.98. The Morgan fingerprint density at radius 1 is 1.33 bits per heavy atom. The fraction of sp³-hybridized carbons (Fsp3) is 0.400. The van der Waals surface area contributed by atoms with Crippen LogP contribution in [0.25, 0.3) is 0 Å². The van der Waals surface area contributed by atoms with Crippen LogP contribution in [0.2, 0.25) is 0 Å². The van der Waals surface area contributed by atoms with E-state index in [0.29, 0.717) is 43.7 Å². The topological polar surface area (TPSA) is 92.6 Å². The number of hydrogen-bond acceptors (Lipinski definition) is 5. The smallest absolute Gasteiger partial charge is 0.257 e. The molecule has 4 rings (SSSR count). The predicted molar refractivity (Wildman–Crippen MR) is 100 cm³/mol. The SMILES string of the molecule is COc1cc(=O)n2c(c1C(=O)N[C@H]1c3ccccc3C[C@H]1O)CCNCC2. The largest absolute Gasteiger partial charge is 0.496 e. The lowest BCUT2D eigenvalue weighted by atomic mass is 10.0. The highest BCUT2D eigenvalue weighted by atomic mass is 16.5. The normalized spacial score (nSPS) is 21.1. The number of ether oxygens (including phenoxy) is 1. The summed E-state index contributed by atoms with van der Waals surface area (Å²) in [7, 11) is 1.46. The van der Waals surface area contributed by atoms with Crippen LogP contribution < -0.4 is 20.9 Å². The van der Waals surface area contributed by atoms with E-state index >= 15 is 0 Å². The van der Waals surface area contributed by atoms with E-state index < -0.39 is 12.1 Å². The average molecular weight is 369 g/mol. The van der Waals surface area contributed by atoms with Crippen LogP contribution in [0.3, 0.4) is 0 Å². The van der Waals surface area contributed by atoms with E-state index in [4.69, 9.17) is 4.74 Å². The molecule has 27 heavy (non-hydrogen) atoms. The predicted octanol–water partition coefficient (Wildman–Crippen LogP) is 0.391. The summed E-state index contributed by atoms with van der Waals surface area (Å²) in [5.74, 6) is -0.0651. The zero-order valence-electron chi connectivity index (χ0n) is 15.2. The van der Waals surface area contributed by atoms with Gasteiger partial charge in [-0.1, -0.05) is 24.3 Å². The maximum atomic E-state index is 13.2. The fourth-order valence-corrected chi connectivity index (χ4v) is 4.07. The van der Waals surface area contributed by atoms with Gasteiger partial charge in [-0.3, -0.25) is 9.59 Å². The second-order valence-corrected chi connectivity index (χ2v) is 6.95. The second kappa shape index (κ2) is 7.17.